The molecular weight excluding hydrogens is 243 g/mol. The van der Waals surface area contributed by atoms with Crippen molar-refractivity contribution in [2.45, 2.75) is 6.42 Å². The fraction of sp³-hybridized carbons (Fsp3) is 0.357. The third-order valence-electron chi connectivity index (χ3n) is 3.97. The molecule has 1 aliphatic heterocycles. The summed E-state index contributed by atoms with van der Waals surface area (Å²) in [4.78, 5) is 2.30. The number of aromatic nitrogens is 2. The topological polar surface area (TPSA) is 44.0 Å². The summed E-state index contributed by atoms with van der Waals surface area (Å²) >= 11 is 0. The lowest BCUT2D eigenvalue weighted by Gasteiger charge is -2.28. The minimum atomic E-state index is -0.166. The molecule has 0 saturated carbocycles. The Kier molecular flexibility index (Phi) is 2.35. The number of hydrogen-bond donors (Lipinski definition) is 2. The zero-order valence-electron chi connectivity index (χ0n) is 10.5. The van der Waals surface area contributed by atoms with E-state index < -0.39 is 0 Å². The van der Waals surface area contributed by atoms with Crippen LogP contribution in [0.15, 0.2) is 18.2 Å². The third-order valence-corrected chi connectivity index (χ3v) is 3.97. The fourth-order valence-corrected chi connectivity index (χ4v) is 3.03. The highest BCUT2D eigenvalue weighted by Crippen LogP contribution is 2.39. The van der Waals surface area contributed by atoms with Crippen molar-refractivity contribution in [1.82, 2.24) is 15.5 Å². The van der Waals surface area contributed by atoms with E-state index >= 15 is 0 Å². The molecule has 2 N–H and O–H groups in total. The van der Waals surface area contributed by atoms with E-state index in [-0.39, 0.29) is 5.82 Å². The molecule has 4 nitrogen and oxygen atoms in total. The summed E-state index contributed by atoms with van der Waals surface area (Å²) in [6.07, 6.45) is 0.776. The van der Waals surface area contributed by atoms with Crippen LogP contribution in [0.2, 0.25) is 0 Å². The summed E-state index contributed by atoms with van der Waals surface area (Å²) in [5.74, 6) is 0.869. The number of halogens is 1. The zero-order chi connectivity index (χ0) is 12.8. The van der Waals surface area contributed by atoms with Crippen LogP contribution < -0.4 is 10.2 Å². The van der Waals surface area contributed by atoms with Crippen molar-refractivity contribution in [2.75, 3.05) is 31.1 Å². The quantitative estimate of drug-likeness (QED) is 0.695. The Morgan fingerprint density at radius 1 is 1.21 bits per heavy atom. The van der Waals surface area contributed by atoms with Crippen LogP contribution in [-0.4, -0.2) is 36.4 Å². The molecule has 0 amide bonds. The number of fused-ring (bicyclic) bond motifs is 3. The molecule has 1 saturated heterocycles. The van der Waals surface area contributed by atoms with Gasteiger partial charge in [-0.15, -0.1) is 0 Å². The van der Waals surface area contributed by atoms with E-state index in [2.05, 4.69) is 20.4 Å². The molecule has 2 aromatic rings. The maximum absolute atomic E-state index is 13.3. The largest absolute Gasteiger partial charge is 0.352 e. The Hall–Kier alpha value is -1.88. The lowest BCUT2D eigenvalue weighted by Crippen LogP contribution is -2.44. The van der Waals surface area contributed by atoms with Gasteiger partial charge >= 0.3 is 0 Å². The number of hydrogen-bond acceptors (Lipinski definition) is 3. The number of aromatic amines is 1. The van der Waals surface area contributed by atoms with E-state index in [1.54, 1.807) is 6.07 Å². The summed E-state index contributed by atoms with van der Waals surface area (Å²) in [5.41, 5.74) is 4.41. The normalized spacial score (nSPS) is 17.4. The van der Waals surface area contributed by atoms with Crippen molar-refractivity contribution >= 4 is 5.82 Å². The molecule has 0 spiro atoms. The first-order valence-electron chi connectivity index (χ1n) is 6.64. The van der Waals surface area contributed by atoms with Crippen LogP contribution in [-0.2, 0) is 6.42 Å². The first-order chi connectivity index (χ1) is 9.33. The molecule has 0 unspecified atom stereocenters. The molecule has 5 heteroatoms. The third kappa shape index (κ3) is 1.65. The molecule has 1 aliphatic carbocycles. The van der Waals surface area contributed by atoms with Gasteiger partial charge in [0.25, 0.3) is 0 Å². The smallest absolute Gasteiger partial charge is 0.154 e. The van der Waals surface area contributed by atoms with Crippen molar-refractivity contribution in [3.05, 3.63) is 35.1 Å². The van der Waals surface area contributed by atoms with Crippen LogP contribution in [0.1, 0.15) is 11.1 Å². The van der Waals surface area contributed by atoms with Crippen LogP contribution in [0.5, 0.6) is 0 Å². The minimum Gasteiger partial charge on any atom is -0.352 e. The fourth-order valence-electron chi connectivity index (χ4n) is 3.03. The Balaban J connectivity index is 1.74. The second kappa shape index (κ2) is 4.06. The molecule has 1 fully saturated rings. The molecule has 4 rings (SSSR count). The SMILES string of the molecule is Fc1ccc2c(c1)Cc1c(N3CCNCC3)n[nH]c1-2. The predicted molar refractivity (Wildman–Crippen MR) is 71.9 cm³/mol. The van der Waals surface area contributed by atoms with Gasteiger partial charge in [0.1, 0.15) is 5.82 Å². The van der Waals surface area contributed by atoms with Gasteiger partial charge in [0, 0.05) is 43.7 Å². The van der Waals surface area contributed by atoms with E-state index in [0.717, 1.165) is 55.2 Å². The Morgan fingerprint density at radius 2 is 2.05 bits per heavy atom. The second-order valence-corrected chi connectivity index (χ2v) is 5.12. The zero-order valence-corrected chi connectivity index (χ0v) is 10.5. The first kappa shape index (κ1) is 11.0. The van der Waals surface area contributed by atoms with E-state index in [9.17, 15) is 4.39 Å². The Bertz CT molecular complexity index is 628. The van der Waals surface area contributed by atoms with Gasteiger partial charge in [-0.2, -0.15) is 5.10 Å². The molecule has 1 aromatic heterocycles. The Labute approximate surface area is 110 Å². The van der Waals surface area contributed by atoms with Gasteiger partial charge in [-0.3, -0.25) is 5.10 Å². The molecule has 0 bridgehead atoms. The van der Waals surface area contributed by atoms with E-state index in [4.69, 9.17) is 0 Å². The predicted octanol–water partition coefficient (Wildman–Crippen LogP) is 1.53. The molecule has 0 radical (unpaired) electrons. The lowest BCUT2D eigenvalue weighted by atomic mass is 10.1. The molecule has 1 aromatic carbocycles. The van der Waals surface area contributed by atoms with Crippen LogP contribution in [0.4, 0.5) is 10.2 Å². The maximum atomic E-state index is 13.3. The molecular formula is C14H15FN4. The lowest BCUT2D eigenvalue weighted by molar-refractivity contribution is 0.583. The van der Waals surface area contributed by atoms with Crippen molar-refractivity contribution in [1.29, 1.82) is 0 Å². The average Bonchev–Trinajstić information content (AvgIpc) is 2.97. The van der Waals surface area contributed by atoms with Gasteiger partial charge in [0.2, 0.25) is 0 Å². The maximum Gasteiger partial charge on any atom is 0.154 e. The van der Waals surface area contributed by atoms with Crippen LogP contribution in [0, 0.1) is 5.82 Å². The number of rotatable bonds is 1. The van der Waals surface area contributed by atoms with Crippen LogP contribution >= 0.6 is 0 Å². The summed E-state index contributed by atoms with van der Waals surface area (Å²) < 4.78 is 13.3. The highest BCUT2D eigenvalue weighted by molar-refractivity contribution is 5.78. The molecule has 19 heavy (non-hydrogen) atoms. The van der Waals surface area contributed by atoms with Crippen molar-refractivity contribution < 1.29 is 4.39 Å². The van der Waals surface area contributed by atoms with E-state index in [1.807, 2.05) is 6.07 Å². The van der Waals surface area contributed by atoms with Crippen LogP contribution in [0.25, 0.3) is 11.3 Å². The van der Waals surface area contributed by atoms with Gasteiger partial charge in [-0.05, 0) is 23.8 Å². The van der Waals surface area contributed by atoms with E-state index in [1.165, 1.54) is 11.6 Å². The highest BCUT2D eigenvalue weighted by atomic mass is 19.1. The summed E-state index contributed by atoms with van der Waals surface area (Å²) in [7, 11) is 0. The standard InChI is InChI=1S/C14H15FN4/c15-10-1-2-11-9(7-10)8-12-13(11)17-18-14(12)19-5-3-16-4-6-19/h1-2,7,16H,3-6,8H2,(H,17,18). The number of nitrogens with one attached hydrogen (secondary N) is 2. The van der Waals surface area contributed by atoms with E-state index in [0.29, 0.717) is 0 Å². The monoisotopic (exact) mass is 258 g/mol. The van der Waals surface area contributed by atoms with Gasteiger partial charge in [0.15, 0.2) is 5.82 Å². The molecule has 98 valence electrons. The number of anilines is 1. The van der Waals surface area contributed by atoms with Crippen LogP contribution in [0.3, 0.4) is 0 Å². The summed E-state index contributed by atoms with van der Waals surface area (Å²) in [5, 5.41) is 10.9. The van der Waals surface area contributed by atoms with Crippen molar-refractivity contribution in [3.63, 3.8) is 0 Å². The molecule has 2 aliphatic rings. The number of H-pyrrole nitrogens is 1. The average molecular weight is 258 g/mol. The van der Waals surface area contributed by atoms with Crippen molar-refractivity contribution in [2.24, 2.45) is 0 Å². The van der Waals surface area contributed by atoms with Gasteiger partial charge < -0.3 is 10.2 Å². The summed E-state index contributed by atoms with van der Waals surface area (Å²) in [6.45, 7) is 3.93. The molecule has 0 atom stereocenters. The Morgan fingerprint density at radius 3 is 2.89 bits per heavy atom. The van der Waals surface area contributed by atoms with Gasteiger partial charge in [-0.25, -0.2) is 4.39 Å². The second-order valence-electron chi connectivity index (χ2n) is 5.12. The van der Waals surface area contributed by atoms with Gasteiger partial charge in [-0.1, -0.05) is 0 Å². The summed E-state index contributed by atoms with van der Waals surface area (Å²) in [6, 6.07) is 4.99. The van der Waals surface area contributed by atoms with Gasteiger partial charge in [0.05, 0.1) is 5.69 Å². The number of nitrogens with zero attached hydrogens (tertiary/aromatic N) is 2. The number of benzene rings is 1. The molecule has 2 heterocycles. The van der Waals surface area contributed by atoms with Crippen molar-refractivity contribution in [3.8, 4) is 11.3 Å². The number of piperazine rings is 1. The minimum absolute atomic E-state index is 0.166. The highest BCUT2D eigenvalue weighted by Gasteiger charge is 2.27. The first-order valence-corrected chi connectivity index (χ1v) is 6.64.